The Morgan fingerprint density at radius 2 is 0.848 bits per heavy atom. The highest BCUT2D eigenvalue weighted by molar-refractivity contribution is 6.01. The number of carbonyl (C=O) groups is 4. The highest BCUT2D eigenvalue weighted by atomic mass is 16.4. The van der Waals surface area contributed by atoms with E-state index in [-0.39, 0.29) is 0 Å². The number of aryl methyl sites for hydroxylation is 2. The van der Waals surface area contributed by atoms with Gasteiger partial charge >= 0.3 is 11.9 Å². The first-order chi connectivity index (χ1) is 22.2. The zero-order valence-electron chi connectivity index (χ0n) is 25.3. The van der Waals surface area contributed by atoms with Crippen LogP contribution < -0.4 is 10.6 Å². The van der Waals surface area contributed by atoms with Crippen LogP contribution in [0, 0.1) is 25.7 Å². The van der Waals surface area contributed by atoms with Crippen LogP contribution in [0.4, 0.5) is 11.4 Å². The lowest BCUT2D eigenvalue weighted by molar-refractivity contribution is -0.147. The highest BCUT2D eigenvalue weighted by Crippen LogP contribution is 2.55. The van der Waals surface area contributed by atoms with Crippen molar-refractivity contribution in [3.05, 3.63) is 131 Å². The highest BCUT2D eigenvalue weighted by Gasteiger charge is 2.67. The second kappa shape index (κ2) is 12.6. The lowest BCUT2D eigenvalue weighted by atomic mass is 9.81. The molecule has 6 rings (SSSR count). The summed E-state index contributed by atoms with van der Waals surface area (Å²) >= 11 is 0. The summed E-state index contributed by atoms with van der Waals surface area (Å²) in [4.78, 5) is 55.1. The third-order valence-electron chi connectivity index (χ3n) is 8.80. The van der Waals surface area contributed by atoms with Gasteiger partial charge in [-0.2, -0.15) is 0 Å². The van der Waals surface area contributed by atoms with Crippen LogP contribution in [0.1, 0.15) is 34.3 Å². The van der Waals surface area contributed by atoms with Gasteiger partial charge in [-0.15, -0.1) is 0 Å². The van der Waals surface area contributed by atoms with Gasteiger partial charge < -0.3 is 20.8 Å². The zero-order chi connectivity index (χ0) is 32.5. The van der Waals surface area contributed by atoms with Gasteiger partial charge in [-0.05, 0) is 49.2 Å². The number of carboxylic acids is 2. The van der Waals surface area contributed by atoms with Gasteiger partial charge in [0.15, 0.2) is 0 Å². The molecule has 0 aromatic heterocycles. The summed E-state index contributed by atoms with van der Waals surface area (Å²) in [6.45, 7) is 3.80. The van der Waals surface area contributed by atoms with Crippen molar-refractivity contribution in [1.29, 1.82) is 0 Å². The quantitative estimate of drug-likeness (QED) is 0.215. The van der Waals surface area contributed by atoms with Gasteiger partial charge in [-0.25, -0.2) is 10.0 Å². The molecule has 2 aliphatic heterocycles. The zero-order valence-corrected chi connectivity index (χ0v) is 25.3. The second-order valence-electron chi connectivity index (χ2n) is 11.8. The first kappa shape index (κ1) is 30.7. The van der Waals surface area contributed by atoms with E-state index >= 15 is 0 Å². The number of rotatable bonds is 8. The molecule has 4 N–H and O–H groups in total. The van der Waals surface area contributed by atoms with Crippen LogP contribution in [-0.2, 0) is 19.2 Å². The number of carbonyl (C=O) groups excluding carboxylic acids is 2. The Morgan fingerprint density at radius 3 is 1.15 bits per heavy atom. The number of aliphatic carboxylic acids is 2. The van der Waals surface area contributed by atoms with E-state index in [9.17, 15) is 29.4 Å². The number of amides is 2. The predicted octanol–water partition coefficient (Wildman–Crippen LogP) is 5.05. The number of fused-ring (bicyclic) bond motifs is 1. The van der Waals surface area contributed by atoms with Crippen molar-refractivity contribution in [2.75, 3.05) is 10.6 Å². The van der Waals surface area contributed by atoms with Crippen LogP contribution in [-0.4, -0.2) is 56.1 Å². The Labute approximate surface area is 266 Å². The van der Waals surface area contributed by atoms with Gasteiger partial charge in [0.05, 0.1) is 12.1 Å². The van der Waals surface area contributed by atoms with Gasteiger partial charge in [-0.1, -0.05) is 96.1 Å². The average Bonchev–Trinajstić information content (AvgIpc) is 3.56. The number of nitrogens with zero attached hydrogens (tertiary/aromatic N) is 2. The molecule has 0 spiro atoms. The normalized spacial score (nSPS) is 24.2. The summed E-state index contributed by atoms with van der Waals surface area (Å²) in [5, 5.41) is 30.4. The van der Waals surface area contributed by atoms with Crippen molar-refractivity contribution in [2.24, 2.45) is 11.8 Å². The molecule has 0 unspecified atom stereocenters. The summed E-state index contributed by atoms with van der Waals surface area (Å²) in [5.74, 6) is -6.45. The molecule has 4 aromatic carbocycles. The molecule has 6 atom stereocenters. The lowest BCUT2D eigenvalue weighted by Crippen LogP contribution is -2.48. The van der Waals surface area contributed by atoms with E-state index in [2.05, 4.69) is 10.6 Å². The van der Waals surface area contributed by atoms with Crippen LogP contribution >= 0.6 is 0 Å². The molecule has 2 heterocycles. The van der Waals surface area contributed by atoms with Gasteiger partial charge in [0.25, 0.3) is 0 Å². The van der Waals surface area contributed by atoms with Crippen molar-refractivity contribution in [2.45, 2.75) is 38.0 Å². The van der Waals surface area contributed by atoms with Crippen molar-refractivity contribution >= 4 is 35.1 Å². The van der Waals surface area contributed by atoms with E-state index in [0.717, 1.165) is 11.1 Å². The fourth-order valence-corrected chi connectivity index (χ4v) is 6.75. The summed E-state index contributed by atoms with van der Waals surface area (Å²) in [7, 11) is 0. The largest absolute Gasteiger partial charge is 0.481 e. The summed E-state index contributed by atoms with van der Waals surface area (Å²) in [6.07, 6.45) is 0. The van der Waals surface area contributed by atoms with Crippen molar-refractivity contribution in [1.82, 2.24) is 10.0 Å². The van der Waals surface area contributed by atoms with Crippen LogP contribution in [0.3, 0.4) is 0 Å². The smallest absolute Gasteiger partial charge is 0.310 e. The molecular weight excluding hydrogens is 584 g/mol. The van der Waals surface area contributed by atoms with E-state index in [1.54, 1.807) is 94.9 Å². The molecule has 10 heteroatoms. The Kier molecular flexibility index (Phi) is 8.40. The van der Waals surface area contributed by atoms with Crippen molar-refractivity contribution in [3.63, 3.8) is 0 Å². The second-order valence-corrected chi connectivity index (χ2v) is 11.8. The maximum Gasteiger partial charge on any atom is 0.310 e. The number of hydrogen-bond donors (Lipinski definition) is 4. The van der Waals surface area contributed by atoms with Crippen LogP contribution in [0.5, 0.6) is 0 Å². The maximum atomic E-state index is 14.3. The van der Waals surface area contributed by atoms with Crippen LogP contribution in [0.15, 0.2) is 109 Å². The molecule has 0 saturated carbocycles. The number of hydrogen-bond acceptors (Lipinski definition) is 6. The molecular formula is C36H34N4O6. The Hall–Kier alpha value is -5.32. The molecule has 2 aliphatic rings. The first-order valence-corrected chi connectivity index (χ1v) is 15.0. The lowest BCUT2D eigenvalue weighted by Gasteiger charge is -2.33. The molecule has 4 aromatic rings. The maximum absolute atomic E-state index is 14.3. The van der Waals surface area contributed by atoms with E-state index in [4.69, 9.17) is 0 Å². The first-order valence-electron chi connectivity index (χ1n) is 15.0. The van der Waals surface area contributed by atoms with E-state index in [1.165, 1.54) is 0 Å². The van der Waals surface area contributed by atoms with Gasteiger partial charge in [0.2, 0.25) is 11.8 Å². The Bertz CT molecular complexity index is 1620. The molecule has 0 radical (unpaired) electrons. The van der Waals surface area contributed by atoms with Crippen LogP contribution in [0.2, 0.25) is 0 Å². The molecule has 0 bridgehead atoms. The minimum absolute atomic E-state index is 0.459. The van der Waals surface area contributed by atoms with Crippen molar-refractivity contribution < 1.29 is 29.4 Å². The van der Waals surface area contributed by atoms with Crippen LogP contribution in [0.25, 0.3) is 0 Å². The summed E-state index contributed by atoms with van der Waals surface area (Å²) in [5.41, 5.74) is 3.88. The third kappa shape index (κ3) is 5.64. The molecule has 234 valence electrons. The Balaban J connectivity index is 1.57. The molecule has 46 heavy (non-hydrogen) atoms. The number of nitrogens with one attached hydrogen (secondary N) is 2. The summed E-state index contributed by atoms with van der Waals surface area (Å²) < 4.78 is 0. The van der Waals surface area contributed by atoms with E-state index in [0.29, 0.717) is 22.5 Å². The monoisotopic (exact) mass is 618 g/mol. The Morgan fingerprint density at radius 1 is 0.522 bits per heavy atom. The minimum atomic E-state index is -1.37. The molecule has 10 nitrogen and oxygen atoms in total. The standard InChI is InChI=1S/C36H34N4O6/c1-21-13-17-23(18-14-21)29-27(35(43)44)31(33(41)37-25-9-5-3-6-10-25)40-30(24-19-15-22(2)16-20-24)28(36(45)46)32(39(29)40)34(42)38-26-11-7-4-8-12-26/h3-20,27-32H,1-2H3,(H,37,41)(H,38,42)(H,43,44)(H,45,46)/t27-,28-,29+,30+,31+,32+/m0/s1. The number of hydrazine groups is 1. The number of carboxylic acid groups (broad SMARTS) is 2. The number of anilines is 2. The minimum Gasteiger partial charge on any atom is -0.481 e. The predicted molar refractivity (Wildman–Crippen MR) is 171 cm³/mol. The molecule has 2 amide bonds. The number of benzene rings is 4. The van der Waals surface area contributed by atoms with E-state index in [1.807, 2.05) is 38.1 Å². The SMILES string of the molecule is Cc1ccc([C@@H]2[C@H](C(=O)O)[C@H](C(=O)Nc3ccccc3)N3[C@H](c4ccc(C)cc4)[C@H](C(=O)O)[C@H](C(=O)Nc4ccccc4)N23)cc1. The van der Waals surface area contributed by atoms with Gasteiger partial charge in [0, 0.05) is 11.4 Å². The fraction of sp³-hybridized carbons (Fsp3) is 0.222. The van der Waals surface area contributed by atoms with Gasteiger partial charge in [-0.3, -0.25) is 19.2 Å². The topological polar surface area (TPSA) is 139 Å². The molecule has 2 saturated heterocycles. The molecule has 0 aliphatic carbocycles. The van der Waals surface area contributed by atoms with Gasteiger partial charge in [0.1, 0.15) is 23.9 Å². The third-order valence-corrected chi connectivity index (χ3v) is 8.80. The molecule has 2 fully saturated rings. The number of para-hydroxylation sites is 2. The average molecular weight is 619 g/mol. The summed E-state index contributed by atoms with van der Waals surface area (Å²) in [6, 6.07) is 26.9. The van der Waals surface area contributed by atoms with Crippen molar-refractivity contribution in [3.8, 4) is 0 Å². The fourth-order valence-electron chi connectivity index (χ4n) is 6.75. The van der Waals surface area contributed by atoms with E-state index < -0.39 is 59.8 Å².